The molecule has 0 bridgehead atoms. The van der Waals surface area contributed by atoms with Crippen molar-refractivity contribution in [3.63, 3.8) is 0 Å². The molecule has 1 aromatic carbocycles. The van der Waals surface area contributed by atoms with Crippen LogP contribution in [-0.4, -0.2) is 23.2 Å². The lowest BCUT2D eigenvalue weighted by molar-refractivity contribution is 0.577. The minimum absolute atomic E-state index is 0.0398. The topological polar surface area (TPSA) is 76.9 Å². The number of aryl methyl sites for hydroxylation is 2. The molecule has 0 saturated heterocycles. The molecule has 6 nitrogen and oxygen atoms in total. The number of benzene rings is 1. The molecule has 2 aromatic heterocycles. The van der Waals surface area contributed by atoms with E-state index < -0.39 is 15.8 Å². The second kappa shape index (κ2) is 6.73. The first-order chi connectivity index (χ1) is 11.9. The number of aromatic nitrogens is 3. The van der Waals surface area contributed by atoms with Crippen molar-refractivity contribution in [2.45, 2.75) is 18.4 Å². The highest BCUT2D eigenvalue weighted by Crippen LogP contribution is 2.20. The Morgan fingerprint density at radius 2 is 1.88 bits per heavy atom. The number of halogens is 1. The molecule has 3 rings (SSSR count). The molecule has 0 spiro atoms. The van der Waals surface area contributed by atoms with Crippen molar-refractivity contribution in [3.05, 3.63) is 65.9 Å². The summed E-state index contributed by atoms with van der Waals surface area (Å²) in [7, 11) is -1.96. The van der Waals surface area contributed by atoms with Crippen molar-refractivity contribution in [1.82, 2.24) is 19.5 Å². The summed E-state index contributed by atoms with van der Waals surface area (Å²) in [6.07, 6.45) is 3.37. The third kappa shape index (κ3) is 3.75. The van der Waals surface area contributed by atoms with Gasteiger partial charge in [-0.05, 0) is 48.9 Å². The van der Waals surface area contributed by atoms with Gasteiger partial charge in [-0.15, -0.1) is 0 Å². The molecule has 0 aliphatic rings. The smallest absolute Gasteiger partial charge is 0.241 e. The first kappa shape index (κ1) is 17.2. The highest BCUT2D eigenvalue weighted by atomic mass is 32.2. The zero-order chi connectivity index (χ0) is 18.0. The zero-order valence-corrected chi connectivity index (χ0v) is 14.6. The third-order valence-corrected chi connectivity index (χ3v) is 5.34. The highest BCUT2D eigenvalue weighted by Gasteiger charge is 2.18. The lowest BCUT2D eigenvalue weighted by atomic mass is 10.2. The Morgan fingerprint density at radius 1 is 1.16 bits per heavy atom. The van der Waals surface area contributed by atoms with Crippen LogP contribution in [0, 0.1) is 12.7 Å². The van der Waals surface area contributed by atoms with Crippen molar-refractivity contribution in [2.75, 3.05) is 0 Å². The van der Waals surface area contributed by atoms with Crippen molar-refractivity contribution in [2.24, 2.45) is 7.05 Å². The summed E-state index contributed by atoms with van der Waals surface area (Å²) < 4.78 is 42.2. The van der Waals surface area contributed by atoms with Gasteiger partial charge in [0.1, 0.15) is 5.82 Å². The van der Waals surface area contributed by atoms with Gasteiger partial charge in [-0.25, -0.2) is 17.5 Å². The van der Waals surface area contributed by atoms with Crippen LogP contribution in [0.4, 0.5) is 4.39 Å². The van der Waals surface area contributed by atoms with E-state index in [4.69, 9.17) is 0 Å². The second-order valence-electron chi connectivity index (χ2n) is 5.61. The van der Waals surface area contributed by atoms with E-state index in [1.807, 2.05) is 18.2 Å². The summed E-state index contributed by atoms with van der Waals surface area (Å²) in [6, 6.07) is 9.10. The van der Waals surface area contributed by atoms with E-state index in [1.54, 1.807) is 31.0 Å². The molecule has 25 heavy (non-hydrogen) atoms. The molecule has 0 amide bonds. The fraction of sp³-hybridized carbons (Fsp3) is 0.176. The normalized spacial score (nSPS) is 11.6. The minimum atomic E-state index is -3.75. The number of hydrogen-bond donors (Lipinski definition) is 1. The van der Waals surface area contributed by atoms with Gasteiger partial charge >= 0.3 is 0 Å². The molecule has 0 aliphatic heterocycles. The lowest BCUT2D eigenvalue weighted by Crippen LogP contribution is -2.24. The van der Waals surface area contributed by atoms with E-state index in [0.29, 0.717) is 11.3 Å². The summed E-state index contributed by atoms with van der Waals surface area (Å²) in [5, 5.41) is 4.33. The Balaban J connectivity index is 1.80. The fourth-order valence-corrected chi connectivity index (χ4v) is 3.79. The van der Waals surface area contributed by atoms with Crippen molar-refractivity contribution in [3.8, 4) is 11.3 Å². The van der Waals surface area contributed by atoms with Crippen LogP contribution >= 0.6 is 0 Å². The standard InChI is InChI=1S/C17H17FN4O2S/c1-12-9-14(18)3-4-17(12)25(23,24)20-11-15-10-16(22(2)21-15)13-5-7-19-8-6-13/h3-10,20H,11H2,1-2H3. The monoisotopic (exact) mass is 360 g/mol. The predicted molar refractivity (Wildman–Crippen MR) is 91.6 cm³/mol. The number of rotatable bonds is 5. The minimum Gasteiger partial charge on any atom is -0.268 e. The Bertz CT molecular complexity index is 1000. The second-order valence-corrected chi connectivity index (χ2v) is 7.35. The van der Waals surface area contributed by atoms with E-state index in [0.717, 1.165) is 17.3 Å². The molecule has 130 valence electrons. The molecule has 2 heterocycles. The molecule has 0 fully saturated rings. The van der Waals surface area contributed by atoms with Crippen LogP contribution in [-0.2, 0) is 23.6 Å². The molecule has 0 atom stereocenters. The summed E-state index contributed by atoms with van der Waals surface area (Å²) >= 11 is 0. The van der Waals surface area contributed by atoms with Gasteiger partial charge in [0.15, 0.2) is 0 Å². The Morgan fingerprint density at radius 3 is 2.56 bits per heavy atom. The molecule has 8 heteroatoms. The van der Waals surface area contributed by atoms with Crippen molar-refractivity contribution in [1.29, 1.82) is 0 Å². The SMILES string of the molecule is Cc1cc(F)ccc1S(=O)(=O)NCc1cc(-c2ccncc2)n(C)n1. The van der Waals surface area contributed by atoms with Crippen LogP contribution < -0.4 is 4.72 Å². The van der Waals surface area contributed by atoms with E-state index in [1.165, 1.54) is 12.1 Å². The Labute approximate surface area is 145 Å². The molecule has 0 aliphatic carbocycles. The summed E-state index contributed by atoms with van der Waals surface area (Å²) in [5.41, 5.74) is 2.73. The maximum Gasteiger partial charge on any atom is 0.241 e. The van der Waals surface area contributed by atoms with Gasteiger partial charge in [-0.3, -0.25) is 9.67 Å². The first-order valence-corrected chi connectivity index (χ1v) is 9.04. The first-order valence-electron chi connectivity index (χ1n) is 7.56. The van der Waals surface area contributed by atoms with Gasteiger partial charge in [0, 0.05) is 25.0 Å². The number of hydrogen-bond acceptors (Lipinski definition) is 4. The Kier molecular flexibility index (Phi) is 4.65. The average Bonchev–Trinajstić information content (AvgIpc) is 2.94. The van der Waals surface area contributed by atoms with E-state index in [-0.39, 0.29) is 11.4 Å². The van der Waals surface area contributed by atoms with Gasteiger partial charge in [0.05, 0.1) is 22.8 Å². The maximum atomic E-state index is 13.2. The molecular formula is C17H17FN4O2S. The Hall–Kier alpha value is -2.58. The van der Waals surface area contributed by atoms with Gasteiger partial charge in [0.25, 0.3) is 0 Å². The predicted octanol–water partition coefficient (Wildman–Crippen LogP) is 2.41. The summed E-state index contributed by atoms with van der Waals surface area (Å²) in [4.78, 5) is 4.03. The van der Waals surface area contributed by atoms with Crippen LogP contribution in [0.1, 0.15) is 11.3 Å². The molecule has 0 radical (unpaired) electrons. The highest BCUT2D eigenvalue weighted by molar-refractivity contribution is 7.89. The van der Waals surface area contributed by atoms with E-state index >= 15 is 0 Å². The summed E-state index contributed by atoms with van der Waals surface area (Å²) in [5.74, 6) is -0.469. The molecule has 1 N–H and O–H groups in total. The largest absolute Gasteiger partial charge is 0.268 e. The molecule has 0 saturated carbocycles. The molecular weight excluding hydrogens is 343 g/mol. The van der Waals surface area contributed by atoms with Gasteiger partial charge < -0.3 is 0 Å². The van der Waals surface area contributed by atoms with Crippen molar-refractivity contribution < 1.29 is 12.8 Å². The molecule has 0 unspecified atom stereocenters. The van der Waals surface area contributed by atoms with Crippen LogP contribution in [0.2, 0.25) is 0 Å². The van der Waals surface area contributed by atoms with E-state index in [9.17, 15) is 12.8 Å². The fourth-order valence-electron chi connectivity index (χ4n) is 2.57. The lowest BCUT2D eigenvalue weighted by Gasteiger charge is -2.08. The maximum absolute atomic E-state index is 13.2. The van der Waals surface area contributed by atoms with Crippen LogP contribution in [0.15, 0.2) is 53.7 Å². The quantitative estimate of drug-likeness (QED) is 0.758. The zero-order valence-electron chi connectivity index (χ0n) is 13.8. The van der Waals surface area contributed by atoms with Crippen LogP contribution in [0.3, 0.4) is 0 Å². The summed E-state index contributed by atoms with van der Waals surface area (Å²) in [6.45, 7) is 1.60. The van der Waals surface area contributed by atoms with Gasteiger partial charge in [-0.1, -0.05) is 0 Å². The van der Waals surface area contributed by atoms with Crippen LogP contribution in [0.5, 0.6) is 0 Å². The van der Waals surface area contributed by atoms with Crippen LogP contribution in [0.25, 0.3) is 11.3 Å². The van der Waals surface area contributed by atoms with Crippen molar-refractivity contribution >= 4 is 10.0 Å². The van der Waals surface area contributed by atoms with E-state index in [2.05, 4.69) is 14.8 Å². The average molecular weight is 360 g/mol. The number of nitrogens with zero attached hydrogens (tertiary/aromatic N) is 3. The third-order valence-electron chi connectivity index (χ3n) is 3.78. The number of nitrogens with one attached hydrogen (secondary N) is 1. The number of sulfonamides is 1. The van der Waals surface area contributed by atoms with Gasteiger partial charge in [-0.2, -0.15) is 5.10 Å². The van der Waals surface area contributed by atoms with Gasteiger partial charge in [0.2, 0.25) is 10.0 Å². The molecule has 3 aromatic rings. The number of pyridine rings is 1.